The second-order valence-electron chi connectivity index (χ2n) is 6.99. The van der Waals surface area contributed by atoms with E-state index < -0.39 is 48.5 Å². The van der Waals surface area contributed by atoms with E-state index in [1.54, 1.807) is 0 Å². The molecule has 0 saturated carbocycles. The topological polar surface area (TPSA) is 239 Å². The molecule has 0 aliphatic rings. The number of hydrogen-bond acceptors (Lipinski definition) is 13. The highest BCUT2D eigenvalue weighted by molar-refractivity contribution is 7.86. The highest BCUT2D eigenvalue weighted by Crippen LogP contribution is 2.45. The van der Waals surface area contributed by atoms with Gasteiger partial charge >= 0.3 is 0 Å². The van der Waals surface area contributed by atoms with E-state index in [4.69, 9.17) is 17.3 Å². The molecule has 0 unspecified atom stereocenters. The summed E-state index contributed by atoms with van der Waals surface area (Å²) in [5, 5.41) is 42.0. The lowest BCUT2D eigenvalue weighted by atomic mass is 10.1. The smallest absolute Gasteiger partial charge is 0.296 e. The summed E-state index contributed by atoms with van der Waals surface area (Å²) in [6, 6.07) is 8.34. The molecule has 0 fully saturated rings. The van der Waals surface area contributed by atoms with Crippen LogP contribution in [0.1, 0.15) is 0 Å². The highest BCUT2D eigenvalue weighted by atomic mass is 35.5. The normalized spacial score (nSPS) is 11.7. The summed E-state index contributed by atoms with van der Waals surface area (Å²) in [5.74, 6) is -1.54. The first kappa shape index (κ1) is 24.5. The molecule has 1 heterocycles. The maximum Gasteiger partial charge on any atom is 0.296 e. The van der Waals surface area contributed by atoms with Crippen LogP contribution in [0.3, 0.4) is 0 Å². The average Bonchev–Trinajstić information content (AvgIpc) is 2.77. The van der Waals surface area contributed by atoms with Gasteiger partial charge in [-0.1, -0.05) is 12.1 Å². The van der Waals surface area contributed by atoms with E-state index in [9.17, 15) is 33.3 Å². The van der Waals surface area contributed by atoms with Crippen LogP contribution in [0.2, 0.25) is 5.28 Å². The molecule has 0 spiro atoms. The summed E-state index contributed by atoms with van der Waals surface area (Å²) >= 11 is 5.79. The second kappa shape index (κ2) is 9.17. The summed E-state index contributed by atoms with van der Waals surface area (Å²) in [6.45, 7) is 0. The van der Waals surface area contributed by atoms with Gasteiger partial charge in [0.05, 0.1) is 10.6 Å². The molecular formula is C19H13ClN8O7S. The molecule has 0 aliphatic heterocycles. The Balaban J connectivity index is 1.92. The number of phenols is 2. The zero-order valence-corrected chi connectivity index (χ0v) is 19.1. The first-order valence-corrected chi connectivity index (χ1v) is 11.3. The molecule has 0 bridgehead atoms. The van der Waals surface area contributed by atoms with E-state index in [1.165, 1.54) is 18.2 Å². The lowest BCUT2D eigenvalue weighted by Gasteiger charge is -2.13. The fourth-order valence-electron chi connectivity index (χ4n) is 3.15. The van der Waals surface area contributed by atoms with Crippen LogP contribution in [0.15, 0.2) is 57.6 Å². The maximum absolute atomic E-state index is 12.1. The quantitative estimate of drug-likeness (QED) is 0.102. The number of aromatic hydroxyl groups is 2. The Morgan fingerprint density at radius 3 is 2.50 bits per heavy atom. The van der Waals surface area contributed by atoms with Gasteiger partial charge in [0.15, 0.2) is 5.75 Å². The van der Waals surface area contributed by atoms with Gasteiger partial charge in [0.25, 0.3) is 15.8 Å². The molecule has 0 aliphatic carbocycles. The number of nitrogens with one attached hydrogen (secondary N) is 1. The SMILES string of the molecule is Nc1nc(Cl)nc(Nc2cccc3cc(S(=O)(=O)O)c(N=Nc4cc([N+](=O)[O-])ccc4O)c(O)c23)n1. The van der Waals surface area contributed by atoms with Crippen molar-refractivity contribution in [1.29, 1.82) is 0 Å². The molecule has 0 amide bonds. The summed E-state index contributed by atoms with van der Waals surface area (Å²) < 4.78 is 33.8. The number of nitro benzene ring substituents is 1. The van der Waals surface area contributed by atoms with Crippen LogP contribution in [0.25, 0.3) is 10.8 Å². The fourth-order valence-corrected chi connectivity index (χ4v) is 3.97. The molecule has 4 aromatic rings. The number of aromatic nitrogens is 3. The van der Waals surface area contributed by atoms with Crippen molar-refractivity contribution < 1.29 is 28.1 Å². The van der Waals surface area contributed by atoms with Crippen molar-refractivity contribution in [3.05, 3.63) is 57.9 Å². The van der Waals surface area contributed by atoms with Crippen LogP contribution in [-0.2, 0) is 10.1 Å². The van der Waals surface area contributed by atoms with Gasteiger partial charge in [-0.05, 0) is 35.2 Å². The van der Waals surface area contributed by atoms with Crippen molar-refractivity contribution in [2.75, 3.05) is 11.1 Å². The molecule has 0 saturated heterocycles. The number of benzene rings is 3. The van der Waals surface area contributed by atoms with Crippen LogP contribution in [-0.4, -0.2) is 43.1 Å². The lowest BCUT2D eigenvalue weighted by molar-refractivity contribution is -0.384. The number of hydrogen-bond donors (Lipinski definition) is 5. The molecule has 0 radical (unpaired) electrons. The Kier molecular flexibility index (Phi) is 6.23. The number of fused-ring (bicyclic) bond motifs is 1. The summed E-state index contributed by atoms with van der Waals surface area (Å²) in [5.41, 5.74) is 4.18. The second-order valence-corrected chi connectivity index (χ2v) is 8.72. The van der Waals surface area contributed by atoms with E-state index in [2.05, 4.69) is 30.5 Å². The van der Waals surface area contributed by atoms with Crippen molar-refractivity contribution in [2.45, 2.75) is 4.90 Å². The standard InChI is InChI=1S/C19H13ClN8O7S/c20-17-23-18(21)25-19(24-17)22-10-3-1-2-8-6-13(36(33,34)35)15(16(30)14(8)10)27-26-11-7-9(28(31)32)4-5-12(11)29/h1-7,29-30H,(H,33,34,35)(H3,21,22,23,24,25). The van der Waals surface area contributed by atoms with Crippen LogP contribution in [0.5, 0.6) is 11.5 Å². The van der Waals surface area contributed by atoms with Gasteiger partial charge in [-0.15, -0.1) is 10.2 Å². The number of nitrogen functional groups attached to an aromatic ring is 1. The van der Waals surface area contributed by atoms with E-state index in [0.29, 0.717) is 0 Å². The third kappa shape index (κ3) is 4.90. The average molecular weight is 533 g/mol. The number of non-ortho nitro benzene ring substituents is 1. The van der Waals surface area contributed by atoms with Crippen LogP contribution < -0.4 is 11.1 Å². The molecule has 36 heavy (non-hydrogen) atoms. The van der Waals surface area contributed by atoms with Crippen LogP contribution in [0, 0.1) is 10.1 Å². The number of azo groups is 1. The predicted molar refractivity (Wildman–Crippen MR) is 127 cm³/mol. The first-order valence-electron chi connectivity index (χ1n) is 9.53. The minimum atomic E-state index is -4.94. The van der Waals surface area contributed by atoms with Gasteiger partial charge in [0.1, 0.15) is 22.0 Å². The number of nitrogens with two attached hydrogens (primary N) is 1. The zero-order valence-electron chi connectivity index (χ0n) is 17.6. The molecule has 0 atom stereocenters. The molecular weight excluding hydrogens is 520 g/mol. The maximum atomic E-state index is 12.1. The Bertz CT molecular complexity index is 1660. The molecule has 1 aromatic heterocycles. The minimum Gasteiger partial charge on any atom is -0.506 e. The zero-order chi connectivity index (χ0) is 26.2. The van der Waals surface area contributed by atoms with E-state index in [-0.39, 0.29) is 33.6 Å². The largest absolute Gasteiger partial charge is 0.506 e. The van der Waals surface area contributed by atoms with Crippen molar-refractivity contribution >= 4 is 67.1 Å². The van der Waals surface area contributed by atoms with Gasteiger partial charge in [-0.3, -0.25) is 14.7 Å². The van der Waals surface area contributed by atoms with Crippen LogP contribution in [0.4, 0.5) is 34.6 Å². The lowest BCUT2D eigenvalue weighted by Crippen LogP contribution is -2.04. The minimum absolute atomic E-state index is 0.0113. The van der Waals surface area contributed by atoms with Gasteiger partial charge in [-0.2, -0.15) is 23.4 Å². The van der Waals surface area contributed by atoms with E-state index in [1.807, 2.05) is 0 Å². The monoisotopic (exact) mass is 532 g/mol. The molecule has 15 nitrogen and oxygen atoms in total. The fraction of sp³-hybridized carbons (Fsp3) is 0. The van der Waals surface area contributed by atoms with Crippen molar-refractivity contribution in [1.82, 2.24) is 15.0 Å². The molecule has 3 aromatic carbocycles. The predicted octanol–water partition coefficient (Wildman–Crippen LogP) is 3.99. The van der Waals surface area contributed by atoms with Gasteiger partial charge in [0.2, 0.25) is 17.2 Å². The summed E-state index contributed by atoms with van der Waals surface area (Å²) in [4.78, 5) is 20.8. The first-order chi connectivity index (χ1) is 16.9. The molecule has 184 valence electrons. The van der Waals surface area contributed by atoms with Crippen molar-refractivity contribution in [3.8, 4) is 11.5 Å². The number of halogens is 1. The Morgan fingerprint density at radius 1 is 1.08 bits per heavy atom. The van der Waals surface area contributed by atoms with Crippen LogP contribution >= 0.6 is 11.6 Å². The van der Waals surface area contributed by atoms with Gasteiger partial charge in [-0.25, -0.2) is 0 Å². The van der Waals surface area contributed by atoms with Gasteiger partial charge in [0, 0.05) is 17.5 Å². The van der Waals surface area contributed by atoms with Crippen molar-refractivity contribution in [2.24, 2.45) is 10.2 Å². The number of anilines is 3. The summed E-state index contributed by atoms with van der Waals surface area (Å²) in [6.07, 6.45) is 0. The van der Waals surface area contributed by atoms with E-state index >= 15 is 0 Å². The molecule has 4 rings (SSSR count). The molecule has 6 N–H and O–H groups in total. The number of phenolic OH excluding ortho intramolecular Hbond substituents is 2. The number of nitro groups is 1. The van der Waals surface area contributed by atoms with Crippen molar-refractivity contribution in [3.63, 3.8) is 0 Å². The Morgan fingerprint density at radius 2 is 1.83 bits per heavy atom. The summed E-state index contributed by atoms with van der Waals surface area (Å²) in [7, 11) is -4.94. The number of nitrogens with zero attached hydrogens (tertiary/aromatic N) is 6. The Hall–Kier alpha value is -4.67. The third-order valence-electron chi connectivity index (χ3n) is 4.66. The molecule has 17 heteroatoms. The van der Waals surface area contributed by atoms with Gasteiger partial charge < -0.3 is 21.3 Å². The van der Waals surface area contributed by atoms with E-state index in [0.717, 1.165) is 24.3 Å². The highest BCUT2D eigenvalue weighted by Gasteiger charge is 2.24. The number of rotatable bonds is 6. The third-order valence-corrected chi connectivity index (χ3v) is 5.69. The Labute approximate surface area is 205 Å².